The highest BCUT2D eigenvalue weighted by molar-refractivity contribution is 6.00. The number of hydrogen-bond donors (Lipinski definition) is 3. The van der Waals surface area contributed by atoms with Crippen LogP contribution < -0.4 is 16.2 Å². The maximum atomic E-state index is 13.0. The predicted molar refractivity (Wildman–Crippen MR) is 103 cm³/mol. The van der Waals surface area contributed by atoms with Crippen molar-refractivity contribution < 1.29 is 9.59 Å². The topological polar surface area (TPSA) is 104 Å². The fraction of sp³-hybridized carbons (Fsp3) is 0.400. The fourth-order valence-electron chi connectivity index (χ4n) is 3.61. The van der Waals surface area contributed by atoms with E-state index in [1.54, 1.807) is 25.1 Å². The number of H-pyrrole nitrogens is 1. The molecule has 142 valence electrons. The quantitative estimate of drug-likeness (QED) is 0.771. The molecule has 1 heterocycles. The van der Waals surface area contributed by atoms with E-state index >= 15 is 0 Å². The average molecular weight is 368 g/mol. The van der Waals surface area contributed by atoms with Gasteiger partial charge < -0.3 is 15.6 Å². The highest BCUT2D eigenvalue weighted by Crippen LogP contribution is 2.30. The fourth-order valence-corrected chi connectivity index (χ4v) is 3.61. The molecule has 2 amide bonds. The van der Waals surface area contributed by atoms with Crippen LogP contribution >= 0.6 is 0 Å². The van der Waals surface area contributed by atoms with Gasteiger partial charge in [-0.2, -0.15) is 0 Å². The van der Waals surface area contributed by atoms with Gasteiger partial charge in [-0.3, -0.25) is 14.4 Å². The molecule has 1 saturated carbocycles. The zero-order chi connectivity index (χ0) is 19.4. The van der Waals surface area contributed by atoms with Gasteiger partial charge in [-0.1, -0.05) is 31.4 Å². The Morgan fingerprint density at radius 1 is 1.15 bits per heavy atom. The van der Waals surface area contributed by atoms with Gasteiger partial charge in [0.1, 0.15) is 11.4 Å². The third-order valence-electron chi connectivity index (χ3n) is 4.82. The number of amides is 2. The van der Waals surface area contributed by atoms with Crippen molar-refractivity contribution >= 4 is 17.5 Å². The minimum absolute atomic E-state index is 0.206. The lowest BCUT2D eigenvalue weighted by molar-refractivity contribution is -0.130. The smallest absolute Gasteiger partial charge is 0.251 e. The second kappa shape index (κ2) is 7.73. The number of nitrogens with one attached hydrogen (secondary N) is 3. The Labute approximate surface area is 157 Å². The number of hydrogen-bond acceptors (Lipinski definition) is 4. The lowest BCUT2D eigenvalue weighted by Crippen LogP contribution is -2.57. The molecule has 0 radical (unpaired) electrons. The maximum Gasteiger partial charge on any atom is 0.251 e. The minimum atomic E-state index is -0.865. The number of aryl methyl sites for hydroxylation is 1. The number of benzene rings is 1. The molecule has 3 rings (SSSR count). The summed E-state index contributed by atoms with van der Waals surface area (Å²) in [6.45, 7) is 3.19. The summed E-state index contributed by atoms with van der Waals surface area (Å²) in [6.07, 6.45) is 4.14. The van der Waals surface area contributed by atoms with E-state index in [1.165, 1.54) is 13.0 Å². The van der Waals surface area contributed by atoms with Crippen molar-refractivity contribution in [3.63, 3.8) is 0 Å². The summed E-state index contributed by atoms with van der Waals surface area (Å²) in [4.78, 5) is 43.4. The zero-order valence-electron chi connectivity index (χ0n) is 15.6. The average Bonchev–Trinajstić information content (AvgIpc) is 2.61. The van der Waals surface area contributed by atoms with E-state index in [0.29, 0.717) is 35.6 Å². The normalized spacial score (nSPS) is 15.8. The molecule has 1 aromatic carbocycles. The standard InChI is InChI=1S/C20H24N4O3/c1-13-11-17(26)23-18(21-13)15-7-6-8-16(12-15)22-19(27)20(24-14(2)25)9-4-3-5-10-20/h6-8,11-12H,3-5,9-10H2,1-2H3,(H,22,27)(H,24,25)(H,21,23,26). The Bertz CT molecular complexity index is 913. The van der Waals surface area contributed by atoms with Crippen LogP contribution in [0.1, 0.15) is 44.7 Å². The first kappa shape index (κ1) is 18.8. The van der Waals surface area contributed by atoms with Gasteiger partial charge in [-0.15, -0.1) is 0 Å². The number of carbonyl (C=O) groups excluding carboxylic acids is 2. The van der Waals surface area contributed by atoms with Crippen molar-refractivity contribution in [1.29, 1.82) is 0 Å². The molecule has 0 atom stereocenters. The predicted octanol–water partition coefficient (Wildman–Crippen LogP) is 2.52. The van der Waals surface area contributed by atoms with Crippen molar-refractivity contribution in [3.8, 4) is 11.4 Å². The van der Waals surface area contributed by atoms with Crippen LogP contribution in [0.15, 0.2) is 35.1 Å². The maximum absolute atomic E-state index is 13.0. The second-order valence-corrected chi connectivity index (χ2v) is 7.09. The van der Waals surface area contributed by atoms with E-state index in [1.807, 2.05) is 6.07 Å². The summed E-state index contributed by atoms with van der Waals surface area (Å²) in [6, 6.07) is 8.58. The number of nitrogens with zero attached hydrogens (tertiary/aromatic N) is 1. The van der Waals surface area contributed by atoms with E-state index < -0.39 is 5.54 Å². The molecule has 1 aromatic heterocycles. The zero-order valence-corrected chi connectivity index (χ0v) is 15.6. The van der Waals surface area contributed by atoms with Gasteiger partial charge in [-0.25, -0.2) is 4.98 Å². The van der Waals surface area contributed by atoms with Crippen LogP contribution in [0.4, 0.5) is 5.69 Å². The number of aromatic amines is 1. The van der Waals surface area contributed by atoms with Crippen molar-refractivity contribution in [1.82, 2.24) is 15.3 Å². The molecule has 7 heteroatoms. The summed E-state index contributed by atoms with van der Waals surface area (Å²) in [7, 11) is 0. The highest BCUT2D eigenvalue weighted by Gasteiger charge is 2.40. The molecular weight excluding hydrogens is 344 g/mol. The molecule has 3 N–H and O–H groups in total. The number of anilines is 1. The van der Waals surface area contributed by atoms with Crippen LogP contribution in [0.3, 0.4) is 0 Å². The van der Waals surface area contributed by atoms with E-state index in [2.05, 4.69) is 20.6 Å². The van der Waals surface area contributed by atoms with Gasteiger partial charge in [0.15, 0.2) is 0 Å². The monoisotopic (exact) mass is 368 g/mol. The Morgan fingerprint density at radius 2 is 1.89 bits per heavy atom. The minimum Gasteiger partial charge on any atom is -0.342 e. The van der Waals surface area contributed by atoms with E-state index in [-0.39, 0.29) is 17.4 Å². The molecule has 0 spiro atoms. The molecule has 2 aromatic rings. The van der Waals surface area contributed by atoms with Gasteiger partial charge in [0.2, 0.25) is 11.8 Å². The Hall–Kier alpha value is -2.96. The second-order valence-electron chi connectivity index (χ2n) is 7.09. The molecule has 0 bridgehead atoms. The molecule has 1 aliphatic carbocycles. The van der Waals surface area contributed by atoms with Crippen molar-refractivity contribution in [2.45, 2.75) is 51.5 Å². The molecule has 0 unspecified atom stereocenters. The number of rotatable bonds is 4. The molecule has 1 aliphatic rings. The van der Waals surface area contributed by atoms with E-state index in [9.17, 15) is 14.4 Å². The Balaban J connectivity index is 1.85. The van der Waals surface area contributed by atoms with Crippen LogP contribution in [0, 0.1) is 6.92 Å². The van der Waals surface area contributed by atoms with Gasteiger partial charge in [0.25, 0.3) is 5.56 Å². The molecule has 0 saturated heterocycles. The highest BCUT2D eigenvalue weighted by atomic mass is 16.2. The van der Waals surface area contributed by atoms with Crippen LogP contribution in [0.25, 0.3) is 11.4 Å². The van der Waals surface area contributed by atoms with Gasteiger partial charge in [0.05, 0.1) is 0 Å². The van der Waals surface area contributed by atoms with E-state index in [0.717, 1.165) is 19.3 Å². The third kappa shape index (κ3) is 4.42. The van der Waals surface area contributed by atoms with Crippen LogP contribution in [0.5, 0.6) is 0 Å². The number of aromatic nitrogens is 2. The Morgan fingerprint density at radius 3 is 2.56 bits per heavy atom. The number of carbonyl (C=O) groups is 2. The van der Waals surface area contributed by atoms with Crippen LogP contribution in [-0.2, 0) is 9.59 Å². The first-order valence-electron chi connectivity index (χ1n) is 9.17. The summed E-state index contributed by atoms with van der Waals surface area (Å²) < 4.78 is 0. The van der Waals surface area contributed by atoms with Crippen molar-refractivity contribution in [2.24, 2.45) is 0 Å². The van der Waals surface area contributed by atoms with Gasteiger partial charge >= 0.3 is 0 Å². The first-order valence-corrected chi connectivity index (χ1v) is 9.17. The Kier molecular flexibility index (Phi) is 5.39. The van der Waals surface area contributed by atoms with Crippen LogP contribution in [-0.4, -0.2) is 27.3 Å². The van der Waals surface area contributed by atoms with Crippen molar-refractivity contribution in [2.75, 3.05) is 5.32 Å². The van der Waals surface area contributed by atoms with Crippen molar-refractivity contribution in [3.05, 3.63) is 46.4 Å². The van der Waals surface area contributed by atoms with Gasteiger partial charge in [-0.05, 0) is 31.9 Å². The summed E-state index contributed by atoms with van der Waals surface area (Å²) in [5, 5.41) is 5.79. The molecule has 7 nitrogen and oxygen atoms in total. The lowest BCUT2D eigenvalue weighted by atomic mass is 9.80. The first-order chi connectivity index (χ1) is 12.9. The summed E-state index contributed by atoms with van der Waals surface area (Å²) in [5.41, 5.74) is 0.826. The summed E-state index contributed by atoms with van der Waals surface area (Å²) in [5.74, 6) is 0.0351. The SMILES string of the molecule is CC(=O)NC1(C(=O)Nc2cccc(-c3nc(C)cc(=O)[nH]3)c2)CCCCC1. The largest absolute Gasteiger partial charge is 0.342 e. The lowest BCUT2D eigenvalue weighted by Gasteiger charge is -2.36. The van der Waals surface area contributed by atoms with Gasteiger partial charge in [0, 0.05) is 29.9 Å². The molecule has 1 fully saturated rings. The molecular formula is C20H24N4O3. The molecule has 27 heavy (non-hydrogen) atoms. The van der Waals surface area contributed by atoms with Crippen LogP contribution in [0.2, 0.25) is 0 Å². The molecule has 0 aliphatic heterocycles. The third-order valence-corrected chi connectivity index (χ3v) is 4.82. The van der Waals surface area contributed by atoms with E-state index in [4.69, 9.17) is 0 Å². The summed E-state index contributed by atoms with van der Waals surface area (Å²) >= 11 is 0.